The van der Waals surface area contributed by atoms with Crippen LogP contribution in [0.1, 0.15) is 38.5 Å². The quantitative estimate of drug-likeness (QED) is 0.813. The Labute approximate surface area is 127 Å². The minimum Gasteiger partial charge on any atom is -0.384 e. The number of methoxy groups -OCH3 is 1. The summed E-state index contributed by atoms with van der Waals surface area (Å²) in [5.74, 6) is 0.582. The summed E-state index contributed by atoms with van der Waals surface area (Å²) < 4.78 is 5.31. The molecule has 2 N–H and O–H groups in total. The molecule has 116 valence electrons. The molecule has 3 rings (SSSR count). The van der Waals surface area contributed by atoms with E-state index in [4.69, 9.17) is 4.74 Å². The molecule has 0 bridgehead atoms. The largest absolute Gasteiger partial charge is 0.384 e. The zero-order valence-electron chi connectivity index (χ0n) is 12.4. The van der Waals surface area contributed by atoms with Crippen LogP contribution in [0.5, 0.6) is 0 Å². The lowest BCUT2D eigenvalue weighted by atomic mass is 9.69. The van der Waals surface area contributed by atoms with Crippen LogP contribution >= 0.6 is 12.4 Å². The SMILES string of the molecule is COCC1(CNC(=O)C2CC23CCNCC3)CCC1.Cl. The maximum Gasteiger partial charge on any atom is 0.223 e. The molecule has 20 heavy (non-hydrogen) atoms. The molecule has 0 aromatic rings. The number of rotatable bonds is 5. The highest BCUT2D eigenvalue weighted by molar-refractivity contribution is 5.85. The van der Waals surface area contributed by atoms with E-state index in [0.717, 1.165) is 32.7 Å². The molecule has 1 heterocycles. The van der Waals surface area contributed by atoms with Gasteiger partial charge in [-0.2, -0.15) is 0 Å². The second-order valence-electron chi connectivity index (χ2n) is 6.87. The van der Waals surface area contributed by atoms with E-state index in [0.29, 0.717) is 11.3 Å². The standard InChI is InChI=1S/C15H26N2O2.ClH/c1-19-11-14(3-2-4-14)10-17-13(18)12-9-15(12)5-7-16-8-6-15;/h12,16H,2-11H2,1H3,(H,17,18);1H. The van der Waals surface area contributed by atoms with Crippen molar-refractivity contribution in [2.24, 2.45) is 16.7 Å². The number of ether oxygens (including phenoxy) is 1. The Morgan fingerprint density at radius 1 is 1.30 bits per heavy atom. The highest BCUT2D eigenvalue weighted by Gasteiger charge is 2.57. The predicted molar refractivity (Wildman–Crippen MR) is 81.1 cm³/mol. The molecule has 0 aromatic heterocycles. The van der Waals surface area contributed by atoms with Crippen LogP contribution in [0.4, 0.5) is 0 Å². The maximum absolute atomic E-state index is 12.3. The van der Waals surface area contributed by atoms with Gasteiger partial charge in [-0.1, -0.05) is 6.42 Å². The first-order valence-electron chi connectivity index (χ1n) is 7.67. The molecule has 1 spiro atoms. The van der Waals surface area contributed by atoms with Gasteiger partial charge in [0.25, 0.3) is 0 Å². The number of nitrogens with one attached hydrogen (secondary N) is 2. The first kappa shape index (κ1) is 16.1. The fourth-order valence-corrected chi connectivity index (χ4v) is 3.95. The van der Waals surface area contributed by atoms with Crippen molar-refractivity contribution >= 4 is 18.3 Å². The molecule has 2 aliphatic carbocycles. The third kappa shape index (κ3) is 2.97. The van der Waals surface area contributed by atoms with Gasteiger partial charge in [-0.15, -0.1) is 12.4 Å². The van der Waals surface area contributed by atoms with Crippen LogP contribution < -0.4 is 10.6 Å². The van der Waals surface area contributed by atoms with E-state index in [-0.39, 0.29) is 23.7 Å². The monoisotopic (exact) mass is 302 g/mol. The van der Waals surface area contributed by atoms with Crippen LogP contribution in [0.2, 0.25) is 0 Å². The van der Waals surface area contributed by atoms with Gasteiger partial charge in [-0.3, -0.25) is 4.79 Å². The van der Waals surface area contributed by atoms with Gasteiger partial charge < -0.3 is 15.4 Å². The van der Waals surface area contributed by atoms with Gasteiger partial charge in [0.1, 0.15) is 0 Å². The average molecular weight is 303 g/mol. The summed E-state index contributed by atoms with van der Waals surface area (Å²) in [7, 11) is 1.76. The summed E-state index contributed by atoms with van der Waals surface area (Å²) in [6.07, 6.45) is 7.13. The second kappa shape index (κ2) is 6.20. The summed E-state index contributed by atoms with van der Waals surface area (Å²) >= 11 is 0. The van der Waals surface area contributed by atoms with E-state index >= 15 is 0 Å². The fourth-order valence-electron chi connectivity index (χ4n) is 3.95. The maximum atomic E-state index is 12.3. The Hall–Kier alpha value is -0.320. The van der Waals surface area contributed by atoms with Gasteiger partial charge >= 0.3 is 0 Å². The molecule has 1 aliphatic heterocycles. The van der Waals surface area contributed by atoms with Crippen molar-refractivity contribution in [3.05, 3.63) is 0 Å². The molecule has 1 atom stereocenters. The van der Waals surface area contributed by atoms with Gasteiger partial charge in [-0.25, -0.2) is 0 Å². The van der Waals surface area contributed by atoms with E-state index < -0.39 is 0 Å². The lowest BCUT2D eigenvalue weighted by Gasteiger charge is -2.41. The van der Waals surface area contributed by atoms with Gasteiger partial charge in [-0.05, 0) is 50.6 Å². The molecule has 1 unspecified atom stereocenters. The van der Waals surface area contributed by atoms with Crippen molar-refractivity contribution in [3.8, 4) is 0 Å². The summed E-state index contributed by atoms with van der Waals surface area (Å²) in [5.41, 5.74) is 0.587. The van der Waals surface area contributed by atoms with Crippen molar-refractivity contribution < 1.29 is 9.53 Å². The zero-order valence-corrected chi connectivity index (χ0v) is 13.2. The zero-order chi connectivity index (χ0) is 13.3. The molecule has 5 heteroatoms. The lowest BCUT2D eigenvalue weighted by molar-refractivity contribution is -0.124. The molecule has 2 saturated carbocycles. The Bertz CT molecular complexity index is 352. The minimum atomic E-state index is 0. The van der Waals surface area contributed by atoms with E-state index in [1.807, 2.05) is 0 Å². The molecule has 3 aliphatic rings. The Kier molecular flexibility index (Phi) is 4.98. The van der Waals surface area contributed by atoms with E-state index in [1.54, 1.807) is 7.11 Å². The van der Waals surface area contributed by atoms with Gasteiger partial charge in [0.05, 0.1) is 6.61 Å². The minimum absolute atomic E-state index is 0. The Morgan fingerprint density at radius 3 is 2.55 bits per heavy atom. The van der Waals surface area contributed by atoms with Crippen LogP contribution in [-0.2, 0) is 9.53 Å². The highest BCUT2D eigenvalue weighted by Crippen LogP contribution is 2.58. The summed E-state index contributed by atoms with van der Waals surface area (Å²) in [4.78, 5) is 12.3. The number of hydrogen-bond donors (Lipinski definition) is 2. The summed E-state index contributed by atoms with van der Waals surface area (Å²) in [6.45, 7) is 3.76. The van der Waals surface area contributed by atoms with Gasteiger partial charge in [0.2, 0.25) is 5.91 Å². The van der Waals surface area contributed by atoms with Crippen LogP contribution in [0.3, 0.4) is 0 Å². The van der Waals surface area contributed by atoms with Crippen molar-refractivity contribution in [1.82, 2.24) is 10.6 Å². The smallest absolute Gasteiger partial charge is 0.223 e. The summed E-state index contributed by atoms with van der Waals surface area (Å²) in [5, 5.41) is 6.59. The van der Waals surface area contributed by atoms with Crippen molar-refractivity contribution in [2.75, 3.05) is 33.4 Å². The predicted octanol–water partition coefficient (Wildman–Crippen LogP) is 1.73. The molecule has 0 radical (unpaired) electrons. The molecule has 3 fully saturated rings. The van der Waals surface area contributed by atoms with Crippen molar-refractivity contribution in [2.45, 2.75) is 38.5 Å². The van der Waals surface area contributed by atoms with E-state index in [2.05, 4.69) is 10.6 Å². The Balaban J connectivity index is 0.00000147. The molecular weight excluding hydrogens is 276 g/mol. The van der Waals surface area contributed by atoms with Crippen molar-refractivity contribution in [3.63, 3.8) is 0 Å². The number of carbonyl (C=O) groups is 1. The number of halogens is 1. The van der Waals surface area contributed by atoms with Crippen LogP contribution in [0.25, 0.3) is 0 Å². The molecule has 4 nitrogen and oxygen atoms in total. The van der Waals surface area contributed by atoms with Gasteiger partial charge in [0, 0.05) is 25.0 Å². The molecule has 0 aromatic carbocycles. The van der Waals surface area contributed by atoms with Crippen LogP contribution in [0.15, 0.2) is 0 Å². The number of amides is 1. The van der Waals surface area contributed by atoms with Crippen LogP contribution in [0, 0.1) is 16.7 Å². The third-order valence-electron chi connectivity index (χ3n) is 5.61. The van der Waals surface area contributed by atoms with E-state index in [9.17, 15) is 4.79 Å². The third-order valence-corrected chi connectivity index (χ3v) is 5.61. The topological polar surface area (TPSA) is 50.4 Å². The number of carbonyl (C=O) groups excluding carboxylic acids is 1. The lowest BCUT2D eigenvalue weighted by Crippen LogP contribution is -2.46. The molecule has 1 saturated heterocycles. The first-order valence-corrected chi connectivity index (χ1v) is 7.67. The number of hydrogen-bond acceptors (Lipinski definition) is 3. The molecular formula is C15H27ClN2O2. The fraction of sp³-hybridized carbons (Fsp3) is 0.933. The van der Waals surface area contributed by atoms with Crippen LogP contribution in [-0.4, -0.2) is 39.3 Å². The first-order chi connectivity index (χ1) is 9.20. The average Bonchev–Trinajstić information content (AvgIpc) is 3.07. The second-order valence-corrected chi connectivity index (χ2v) is 6.87. The van der Waals surface area contributed by atoms with E-state index in [1.165, 1.54) is 32.1 Å². The molecule has 1 amide bonds. The normalized spacial score (nSPS) is 29.1. The van der Waals surface area contributed by atoms with Crippen molar-refractivity contribution in [1.29, 1.82) is 0 Å². The van der Waals surface area contributed by atoms with Gasteiger partial charge in [0.15, 0.2) is 0 Å². The number of piperidine rings is 1. The summed E-state index contributed by atoms with van der Waals surface area (Å²) in [6, 6.07) is 0. The Morgan fingerprint density at radius 2 is 2.00 bits per heavy atom. The highest BCUT2D eigenvalue weighted by atomic mass is 35.5.